The van der Waals surface area contributed by atoms with Crippen molar-refractivity contribution in [2.75, 3.05) is 11.9 Å². The van der Waals surface area contributed by atoms with Gasteiger partial charge >= 0.3 is 6.03 Å². The van der Waals surface area contributed by atoms with Crippen molar-refractivity contribution in [2.24, 2.45) is 0 Å². The lowest BCUT2D eigenvalue weighted by atomic mass is 9.99. The minimum atomic E-state index is -4.20. The molecule has 0 bridgehead atoms. The summed E-state index contributed by atoms with van der Waals surface area (Å²) in [6.07, 6.45) is 7.20. The Kier molecular flexibility index (Phi) is 4.08. The van der Waals surface area contributed by atoms with Gasteiger partial charge in [0.1, 0.15) is 0 Å². The fourth-order valence-electron chi connectivity index (χ4n) is 4.45. The van der Waals surface area contributed by atoms with Crippen LogP contribution in [0.5, 0.6) is 5.75 Å². The highest BCUT2D eigenvalue weighted by Crippen LogP contribution is 2.38. The lowest BCUT2D eigenvalue weighted by Crippen LogP contribution is -2.35. The third-order valence-corrected chi connectivity index (χ3v) is 6.90. The molecule has 0 unspecified atom stereocenters. The molecule has 28 heavy (non-hydrogen) atoms. The summed E-state index contributed by atoms with van der Waals surface area (Å²) in [6.45, 7) is 0.394. The molecule has 5 rings (SSSR count). The number of benzene rings is 1. The van der Waals surface area contributed by atoms with E-state index in [1.54, 1.807) is 0 Å². The van der Waals surface area contributed by atoms with Gasteiger partial charge in [-0.25, -0.2) is 9.52 Å². The van der Waals surface area contributed by atoms with Crippen LogP contribution in [0.3, 0.4) is 0 Å². The number of aryl methyl sites for hydroxylation is 3. The van der Waals surface area contributed by atoms with Crippen LogP contribution in [0.25, 0.3) is 0 Å². The van der Waals surface area contributed by atoms with E-state index in [9.17, 15) is 13.2 Å². The zero-order valence-electron chi connectivity index (χ0n) is 15.3. The molecule has 0 radical (unpaired) electrons. The average Bonchev–Trinajstić information content (AvgIpc) is 3.39. The lowest BCUT2D eigenvalue weighted by Gasteiger charge is -2.16. The second-order valence-electron chi connectivity index (χ2n) is 7.49. The number of urea groups is 1. The molecule has 2 aromatic rings. The number of fused-ring (bicyclic) bond motifs is 3. The molecule has 2 aliphatic carbocycles. The predicted octanol–water partition coefficient (Wildman–Crippen LogP) is 2.49. The summed E-state index contributed by atoms with van der Waals surface area (Å²) in [5.74, 6) is 0.499. The molecule has 1 aliphatic heterocycles. The molecule has 1 aromatic carbocycles. The van der Waals surface area contributed by atoms with Crippen molar-refractivity contribution < 1.29 is 22.5 Å². The Hall–Kier alpha value is -2.55. The summed E-state index contributed by atoms with van der Waals surface area (Å²) in [5.41, 5.74) is 5.58. The summed E-state index contributed by atoms with van der Waals surface area (Å²) in [7, 11) is -4.20. The fraction of sp³-hybridized carbons (Fsp3) is 0.474. The van der Waals surface area contributed by atoms with E-state index in [-0.39, 0.29) is 10.8 Å². The van der Waals surface area contributed by atoms with E-state index >= 15 is 0 Å². The molecule has 1 aromatic heterocycles. The van der Waals surface area contributed by atoms with Crippen LogP contribution in [0.1, 0.15) is 47.3 Å². The highest BCUT2D eigenvalue weighted by Gasteiger charge is 2.32. The first-order chi connectivity index (χ1) is 13.5. The third-order valence-electron chi connectivity index (χ3n) is 5.67. The molecule has 148 valence electrons. The molecule has 0 saturated heterocycles. The highest BCUT2D eigenvalue weighted by atomic mass is 32.2. The van der Waals surface area contributed by atoms with Gasteiger partial charge in [-0.05, 0) is 67.2 Å². The molecule has 2 N–H and O–H groups in total. The van der Waals surface area contributed by atoms with Crippen LogP contribution < -0.4 is 14.8 Å². The maximum Gasteiger partial charge on any atom is 0.333 e. The first-order valence-electron chi connectivity index (χ1n) is 9.64. The number of rotatable bonds is 3. The summed E-state index contributed by atoms with van der Waals surface area (Å²) in [4.78, 5) is 12.6. The second kappa shape index (κ2) is 6.51. The van der Waals surface area contributed by atoms with E-state index in [4.69, 9.17) is 9.26 Å². The number of hydrogen-bond acceptors (Lipinski definition) is 6. The molecule has 0 spiro atoms. The minimum Gasteiger partial charge on any atom is -0.487 e. The number of nitrogens with one attached hydrogen (secondary N) is 2. The van der Waals surface area contributed by atoms with Crippen molar-refractivity contribution in [2.45, 2.75) is 56.4 Å². The van der Waals surface area contributed by atoms with Gasteiger partial charge in [-0.15, -0.1) is 0 Å². The van der Waals surface area contributed by atoms with E-state index in [0.29, 0.717) is 18.8 Å². The van der Waals surface area contributed by atoms with Crippen molar-refractivity contribution in [1.82, 2.24) is 9.88 Å². The molecule has 0 atom stereocenters. The standard InChI is InChI=1S/C19H21N3O5S/c23-19(22-28(24,25)18-17-15(27-21-18)8-3-9-26-17)20-16-13-6-1-4-11(13)10-12-5-2-7-14(12)16/h10H,1-9H2,(H2,20,22,23). The quantitative estimate of drug-likeness (QED) is 0.815. The molecular weight excluding hydrogens is 382 g/mol. The Morgan fingerprint density at radius 1 is 1.00 bits per heavy atom. The van der Waals surface area contributed by atoms with Gasteiger partial charge in [-0.3, -0.25) is 0 Å². The summed E-state index contributed by atoms with van der Waals surface area (Å²) in [5, 5.41) is 6.05. The minimum absolute atomic E-state index is 0.105. The van der Waals surface area contributed by atoms with Crippen LogP contribution in [0.15, 0.2) is 15.6 Å². The normalized spacial score (nSPS) is 17.4. The van der Waals surface area contributed by atoms with Gasteiger partial charge in [-0.1, -0.05) is 11.2 Å². The number of carbonyl (C=O) groups is 1. The SMILES string of the molecule is O=C(Nc1c2c(cc3c1CCC3)CCC2)NS(=O)(=O)c1noc2c1OCCC2. The maximum atomic E-state index is 12.7. The van der Waals surface area contributed by atoms with E-state index in [0.717, 1.165) is 61.8 Å². The Labute approximate surface area is 162 Å². The number of hydrogen-bond donors (Lipinski definition) is 2. The number of sulfonamides is 1. The third kappa shape index (κ3) is 2.85. The van der Waals surface area contributed by atoms with Crippen LogP contribution in [0.2, 0.25) is 0 Å². The van der Waals surface area contributed by atoms with Crippen molar-refractivity contribution in [3.05, 3.63) is 34.1 Å². The Morgan fingerprint density at radius 3 is 2.43 bits per heavy atom. The number of amides is 2. The Balaban J connectivity index is 1.41. The summed E-state index contributed by atoms with van der Waals surface area (Å²) >= 11 is 0. The number of aromatic nitrogens is 1. The van der Waals surface area contributed by atoms with E-state index < -0.39 is 16.1 Å². The van der Waals surface area contributed by atoms with Gasteiger partial charge in [-0.2, -0.15) is 8.42 Å². The maximum absolute atomic E-state index is 12.7. The molecule has 2 amide bonds. The zero-order chi connectivity index (χ0) is 19.3. The van der Waals surface area contributed by atoms with Crippen molar-refractivity contribution in [3.8, 4) is 5.75 Å². The number of ether oxygens (including phenoxy) is 1. The fourth-order valence-corrected chi connectivity index (χ4v) is 5.40. The molecule has 0 fully saturated rings. The molecule has 2 heterocycles. The number of nitrogens with zero attached hydrogens (tertiary/aromatic N) is 1. The largest absolute Gasteiger partial charge is 0.487 e. The molecule has 3 aliphatic rings. The first-order valence-corrected chi connectivity index (χ1v) is 11.1. The second-order valence-corrected chi connectivity index (χ2v) is 9.08. The van der Waals surface area contributed by atoms with Gasteiger partial charge < -0.3 is 14.6 Å². The smallest absolute Gasteiger partial charge is 0.333 e. The van der Waals surface area contributed by atoms with Gasteiger partial charge in [0, 0.05) is 12.1 Å². The monoisotopic (exact) mass is 403 g/mol. The van der Waals surface area contributed by atoms with Crippen molar-refractivity contribution in [1.29, 1.82) is 0 Å². The Bertz CT molecular complexity index is 1040. The summed E-state index contributed by atoms with van der Waals surface area (Å²) < 4.78 is 37.8. The van der Waals surface area contributed by atoms with Crippen molar-refractivity contribution in [3.63, 3.8) is 0 Å². The van der Waals surface area contributed by atoms with Crippen LogP contribution in [0.4, 0.5) is 10.5 Å². The van der Waals surface area contributed by atoms with Crippen LogP contribution in [-0.4, -0.2) is 26.2 Å². The van der Waals surface area contributed by atoms with E-state index in [2.05, 4.69) is 21.3 Å². The highest BCUT2D eigenvalue weighted by molar-refractivity contribution is 7.90. The van der Waals surface area contributed by atoms with E-state index in [1.807, 2.05) is 0 Å². The molecule has 0 saturated carbocycles. The van der Waals surface area contributed by atoms with E-state index in [1.165, 1.54) is 11.1 Å². The van der Waals surface area contributed by atoms with Crippen LogP contribution in [0, 0.1) is 0 Å². The predicted molar refractivity (Wildman–Crippen MR) is 100 cm³/mol. The van der Waals surface area contributed by atoms with Gasteiger partial charge in [0.05, 0.1) is 6.61 Å². The number of carbonyl (C=O) groups excluding carboxylic acids is 1. The first kappa shape index (κ1) is 17.5. The van der Waals surface area contributed by atoms with Gasteiger partial charge in [0.25, 0.3) is 15.0 Å². The lowest BCUT2D eigenvalue weighted by molar-refractivity contribution is 0.256. The zero-order valence-corrected chi connectivity index (χ0v) is 16.2. The van der Waals surface area contributed by atoms with Gasteiger partial charge in [0.2, 0.25) is 5.75 Å². The average molecular weight is 403 g/mol. The Morgan fingerprint density at radius 2 is 1.71 bits per heavy atom. The topological polar surface area (TPSA) is 111 Å². The van der Waals surface area contributed by atoms with Crippen LogP contribution in [-0.2, 0) is 42.1 Å². The van der Waals surface area contributed by atoms with Crippen LogP contribution >= 0.6 is 0 Å². The van der Waals surface area contributed by atoms with Gasteiger partial charge in [0.15, 0.2) is 5.76 Å². The summed E-state index contributed by atoms with van der Waals surface area (Å²) in [6, 6.07) is 1.46. The molecule has 9 heteroatoms. The molecule has 8 nitrogen and oxygen atoms in total. The van der Waals surface area contributed by atoms with Crippen molar-refractivity contribution >= 4 is 21.7 Å². The molecular formula is C19H21N3O5S. The number of anilines is 1.